The van der Waals surface area contributed by atoms with Crippen molar-refractivity contribution in [3.05, 3.63) is 58.9 Å². The van der Waals surface area contributed by atoms with Gasteiger partial charge in [-0.2, -0.15) is 0 Å². The molecule has 0 bridgehead atoms. The molecule has 27 heavy (non-hydrogen) atoms. The molecule has 1 fully saturated rings. The number of aromatic nitrogens is 1. The second kappa shape index (κ2) is 8.31. The Hall–Kier alpha value is -2.73. The summed E-state index contributed by atoms with van der Waals surface area (Å²) in [7, 11) is 0. The van der Waals surface area contributed by atoms with Crippen molar-refractivity contribution in [3.63, 3.8) is 0 Å². The summed E-state index contributed by atoms with van der Waals surface area (Å²) in [5.41, 5.74) is 3.61. The van der Waals surface area contributed by atoms with Gasteiger partial charge in [0.15, 0.2) is 0 Å². The number of nitrogens with zero attached hydrogens (tertiary/aromatic N) is 2. The zero-order valence-corrected chi connectivity index (χ0v) is 16.0. The first-order valence-corrected chi connectivity index (χ1v) is 9.21. The standard InChI is InChI=1S/C21H25N3O3/c1-14(2)17-6-4-5-15(3)19(17)23-20(25)16-7-8-22-18(13-16)21(26)24-9-11-27-12-10-24/h4-8,13-14H,9-12H2,1-3H3,(H,23,25). The number of rotatable bonds is 4. The topological polar surface area (TPSA) is 71.5 Å². The maximum absolute atomic E-state index is 12.8. The van der Waals surface area contributed by atoms with Crippen LogP contribution in [0, 0.1) is 6.92 Å². The van der Waals surface area contributed by atoms with Gasteiger partial charge in [0.2, 0.25) is 0 Å². The molecule has 1 aromatic heterocycles. The maximum atomic E-state index is 12.8. The monoisotopic (exact) mass is 367 g/mol. The van der Waals surface area contributed by atoms with Crippen molar-refractivity contribution >= 4 is 17.5 Å². The zero-order valence-electron chi connectivity index (χ0n) is 16.0. The Morgan fingerprint density at radius 1 is 1.19 bits per heavy atom. The molecule has 1 N–H and O–H groups in total. The molecule has 0 spiro atoms. The number of para-hydroxylation sites is 1. The highest BCUT2D eigenvalue weighted by Gasteiger charge is 2.21. The van der Waals surface area contributed by atoms with E-state index >= 15 is 0 Å². The first-order valence-electron chi connectivity index (χ1n) is 9.21. The highest BCUT2D eigenvalue weighted by Crippen LogP contribution is 2.27. The highest BCUT2D eigenvalue weighted by molar-refractivity contribution is 6.06. The van der Waals surface area contributed by atoms with Gasteiger partial charge in [0.25, 0.3) is 11.8 Å². The fourth-order valence-corrected chi connectivity index (χ4v) is 3.15. The predicted octanol–water partition coefficient (Wildman–Crippen LogP) is 3.24. The van der Waals surface area contributed by atoms with Crippen LogP contribution in [0.4, 0.5) is 5.69 Å². The predicted molar refractivity (Wildman–Crippen MR) is 104 cm³/mol. The lowest BCUT2D eigenvalue weighted by atomic mass is 9.98. The molecule has 2 heterocycles. The van der Waals surface area contributed by atoms with E-state index in [0.717, 1.165) is 16.8 Å². The van der Waals surface area contributed by atoms with Crippen LogP contribution in [0.5, 0.6) is 0 Å². The first kappa shape index (κ1) is 19.0. The molecule has 0 unspecified atom stereocenters. The van der Waals surface area contributed by atoms with Gasteiger partial charge in [-0.15, -0.1) is 0 Å². The third kappa shape index (κ3) is 4.34. The molecular formula is C21H25N3O3. The number of ether oxygens (including phenoxy) is 1. The third-order valence-electron chi connectivity index (χ3n) is 4.71. The number of nitrogens with one attached hydrogen (secondary N) is 1. The summed E-state index contributed by atoms with van der Waals surface area (Å²) in [4.78, 5) is 31.3. The van der Waals surface area contributed by atoms with Crippen molar-refractivity contribution in [1.82, 2.24) is 9.88 Å². The minimum atomic E-state index is -0.246. The van der Waals surface area contributed by atoms with E-state index in [-0.39, 0.29) is 23.4 Å². The van der Waals surface area contributed by atoms with E-state index in [0.29, 0.717) is 31.9 Å². The minimum absolute atomic E-state index is 0.174. The lowest BCUT2D eigenvalue weighted by Crippen LogP contribution is -2.41. The van der Waals surface area contributed by atoms with Crippen molar-refractivity contribution < 1.29 is 14.3 Å². The lowest BCUT2D eigenvalue weighted by Gasteiger charge is -2.26. The number of hydrogen-bond acceptors (Lipinski definition) is 4. The van der Waals surface area contributed by atoms with Gasteiger partial charge >= 0.3 is 0 Å². The molecule has 6 nitrogen and oxygen atoms in total. The average Bonchev–Trinajstić information content (AvgIpc) is 2.69. The summed E-state index contributed by atoms with van der Waals surface area (Å²) in [6, 6.07) is 9.17. The van der Waals surface area contributed by atoms with E-state index in [1.807, 2.05) is 25.1 Å². The minimum Gasteiger partial charge on any atom is -0.378 e. The summed E-state index contributed by atoms with van der Waals surface area (Å²) < 4.78 is 5.28. The van der Waals surface area contributed by atoms with Gasteiger partial charge in [-0.1, -0.05) is 32.0 Å². The number of aryl methyl sites for hydroxylation is 1. The number of benzene rings is 1. The fourth-order valence-electron chi connectivity index (χ4n) is 3.15. The molecule has 1 saturated heterocycles. The Morgan fingerprint density at radius 3 is 2.63 bits per heavy atom. The summed E-state index contributed by atoms with van der Waals surface area (Å²) in [6.07, 6.45) is 1.50. The summed E-state index contributed by atoms with van der Waals surface area (Å²) in [6.45, 7) is 8.29. The van der Waals surface area contributed by atoms with Crippen LogP contribution in [0.1, 0.15) is 51.7 Å². The van der Waals surface area contributed by atoms with Crippen molar-refractivity contribution in [3.8, 4) is 0 Å². The van der Waals surface area contributed by atoms with Crippen molar-refractivity contribution in [2.75, 3.05) is 31.6 Å². The number of amides is 2. The van der Waals surface area contributed by atoms with Crippen LogP contribution in [0.2, 0.25) is 0 Å². The quantitative estimate of drug-likeness (QED) is 0.900. The molecule has 1 aliphatic rings. The molecule has 1 aromatic carbocycles. The number of carbonyl (C=O) groups is 2. The number of pyridine rings is 1. The Balaban J connectivity index is 1.81. The van der Waals surface area contributed by atoms with Gasteiger partial charge in [-0.3, -0.25) is 14.6 Å². The van der Waals surface area contributed by atoms with Gasteiger partial charge in [-0.05, 0) is 36.1 Å². The Labute approximate surface area is 159 Å². The normalized spacial score (nSPS) is 14.3. The molecular weight excluding hydrogens is 342 g/mol. The number of morpholine rings is 1. The smallest absolute Gasteiger partial charge is 0.272 e. The van der Waals surface area contributed by atoms with Crippen LogP contribution >= 0.6 is 0 Å². The van der Waals surface area contributed by atoms with Crippen LogP contribution in [-0.4, -0.2) is 48.0 Å². The summed E-state index contributed by atoms with van der Waals surface area (Å²) in [5.74, 6) is -0.132. The van der Waals surface area contributed by atoms with Gasteiger partial charge in [0, 0.05) is 30.5 Å². The van der Waals surface area contributed by atoms with Crippen LogP contribution in [0.25, 0.3) is 0 Å². The molecule has 1 aliphatic heterocycles. The number of carbonyl (C=O) groups excluding carboxylic acids is 2. The number of anilines is 1. The third-order valence-corrected chi connectivity index (χ3v) is 4.71. The zero-order chi connectivity index (χ0) is 19.4. The molecule has 0 saturated carbocycles. The van der Waals surface area contributed by atoms with Gasteiger partial charge in [0.05, 0.1) is 13.2 Å². The molecule has 0 aliphatic carbocycles. The van der Waals surface area contributed by atoms with Gasteiger partial charge in [0.1, 0.15) is 5.69 Å². The summed E-state index contributed by atoms with van der Waals surface area (Å²) >= 11 is 0. The van der Waals surface area contributed by atoms with Gasteiger partial charge < -0.3 is 15.0 Å². The Bertz CT molecular complexity index is 842. The Morgan fingerprint density at radius 2 is 1.93 bits per heavy atom. The fraction of sp³-hybridized carbons (Fsp3) is 0.381. The van der Waals surface area contributed by atoms with E-state index in [9.17, 15) is 9.59 Å². The van der Waals surface area contributed by atoms with Crippen LogP contribution < -0.4 is 5.32 Å². The second-order valence-electron chi connectivity index (χ2n) is 6.98. The van der Waals surface area contributed by atoms with E-state index in [2.05, 4.69) is 24.1 Å². The molecule has 3 rings (SSSR count). The molecule has 2 amide bonds. The van der Waals surface area contributed by atoms with E-state index in [1.54, 1.807) is 17.0 Å². The van der Waals surface area contributed by atoms with Crippen molar-refractivity contribution in [1.29, 1.82) is 0 Å². The maximum Gasteiger partial charge on any atom is 0.272 e. The molecule has 0 atom stereocenters. The largest absolute Gasteiger partial charge is 0.378 e. The highest BCUT2D eigenvalue weighted by atomic mass is 16.5. The SMILES string of the molecule is Cc1cccc(C(C)C)c1NC(=O)c1ccnc(C(=O)N2CCOCC2)c1. The molecule has 0 radical (unpaired) electrons. The van der Waals surface area contributed by atoms with Crippen LogP contribution in [0.3, 0.4) is 0 Å². The van der Waals surface area contributed by atoms with E-state index in [1.165, 1.54) is 6.20 Å². The van der Waals surface area contributed by atoms with Crippen LogP contribution in [-0.2, 0) is 4.74 Å². The van der Waals surface area contributed by atoms with Gasteiger partial charge in [-0.25, -0.2) is 0 Å². The lowest BCUT2D eigenvalue weighted by molar-refractivity contribution is 0.0299. The molecule has 142 valence electrons. The summed E-state index contributed by atoms with van der Waals surface area (Å²) in [5, 5.41) is 3.01. The Kier molecular flexibility index (Phi) is 5.86. The first-order chi connectivity index (χ1) is 13.0. The van der Waals surface area contributed by atoms with Crippen molar-refractivity contribution in [2.45, 2.75) is 26.7 Å². The average molecular weight is 367 g/mol. The molecule has 6 heteroatoms. The van der Waals surface area contributed by atoms with E-state index in [4.69, 9.17) is 4.74 Å². The number of hydrogen-bond donors (Lipinski definition) is 1. The molecule has 2 aromatic rings. The van der Waals surface area contributed by atoms with E-state index < -0.39 is 0 Å². The van der Waals surface area contributed by atoms with Crippen molar-refractivity contribution in [2.24, 2.45) is 0 Å². The second-order valence-corrected chi connectivity index (χ2v) is 6.98. The van der Waals surface area contributed by atoms with Crippen LogP contribution in [0.15, 0.2) is 36.5 Å².